The molecule has 0 atom stereocenters. The van der Waals surface area contributed by atoms with Crippen molar-refractivity contribution in [3.8, 4) is 10.6 Å². The number of anilines is 1. The zero-order valence-corrected chi connectivity index (χ0v) is 18.5. The first kappa shape index (κ1) is 22.0. The van der Waals surface area contributed by atoms with E-state index in [1.807, 2.05) is 19.2 Å². The summed E-state index contributed by atoms with van der Waals surface area (Å²) in [7, 11) is 1.85. The molecule has 4 aromatic rings. The fourth-order valence-corrected chi connectivity index (χ4v) is 4.53. The zero-order chi connectivity index (χ0) is 22.9. The average Bonchev–Trinajstić information content (AvgIpc) is 3.34. The third kappa shape index (κ3) is 4.83. The van der Waals surface area contributed by atoms with Crippen LogP contribution in [0, 0.1) is 6.92 Å². The summed E-state index contributed by atoms with van der Waals surface area (Å²) in [6.07, 6.45) is -2.78. The molecule has 0 unspecified atom stereocenters. The van der Waals surface area contributed by atoms with E-state index in [0.717, 1.165) is 33.5 Å². The van der Waals surface area contributed by atoms with E-state index in [-0.39, 0.29) is 5.91 Å². The number of nitrogens with one attached hydrogen (secondary N) is 1. The summed E-state index contributed by atoms with van der Waals surface area (Å²) in [5.41, 5.74) is 0.918. The number of thiazole rings is 1. The number of carbonyl (C=O) groups excluding carboxylic acids is 1. The first-order valence-electron chi connectivity index (χ1n) is 9.29. The molecule has 2 aromatic carbocycles. The smallest absolute Gasteiger partial charge is 0.321 e. The minimum absolute atomic E-state index is 0.327. The minimum Gasteiger partial charge on any atom is -0.321 e. The van der Waals surface area contributed by atoms with Gasteiger partial charge in [-0.05, 0) is 55.1 Å². The van der Waals surface area contributed by atoms with Gasteiger partial charge in [0.05, 0.1) is 11.3 Å². The Morgan fingerprint density at radius 2 is 1.78 bits per heavy atom. The van der Waals surface area contributed by atoms with E-state index in [1.165, 1.54) is 23.9 Å². The first-order valence-corrected chi connectivity index (χ1v) is 10.9. The Bertz CT molecular complexity index is 1250. The molecule has 2 aromatic heterocycles. The van der Waals surface area contributed by atoms with Gasteiger partial charge in [0, 0.05) is 23.2 Å². The van der Waals surface area contributed by atoms with E-state index >= 15 is 0 Å². The van der Waals surface area contributed by atoms with E-state index in [0.29, 0.717) is 26.8 Å². The van der Waals surface area contributed by atoms with Crippen LogP contribution in [-0.4, -0.2) is 25.7 Å². The van der Waals surface area contributed by atoms with Crippen LogP contribution >= 0.6 is 23.1 Å². The van der Waals surface area contributed by atoms with Crippen LogP contribution in [0.25, 0.3) is 10.6 Å². The Labute approximate surface area is 189 Å². The summed E-state index contributed by atoms with van der Waals surface area (Å²) in [4.78, 5) is 18.4. The lowest BCUT2D eigenvalue weighted by atomic mass is 10.1. The molecule has 0 aliphatic heterocycles. The van der Waals surface area contributed by atoms with Crippen molar-refractivity contribution >= 4 is 34.7 Å². The van der Waals surface area contributed by atoms with E-state index in [1.54, 1.807) is 30.0 Å². The van der Waals surface area contributed by atoms with Gasteiger partial charge in [-0.1, -0.05) is 12.1 Å². The average molecular weight is 476 g/mol. The van der Waals surface area contributed by atoms with Gasteiger partial charge in [0.2, 0.25) is 0 Å². The molecule has 0 fully saturated rings. The molecule has 6 nitrogen and oxygen atoms in total. The Balaban J connectivity index is 1.46. The normalized spacial score (nSPS) is 11.5. The van der Waals surface area contributed by atoms with Gasteiger partial charge in [0.25, 0.3) is 5.91 Å². The number of hydrogen-bond acceptors (Lipinski definition) is 6. The van der Waals surface area contributed by atoms with Crippen molar-refractivity contribution in [1.29, 1.82) is 0 Å². The van der Waals surface area contributed by atoms with Crippen molar-refractivity contribution in [3.63, 3.8) is 0 Å². The van der Waals surface area contributed by atoms with Crippen LogP contribution in [0.4, 0.5) is 18.9 Å². The Morgan fingerprint density at radius 1 is 1.09 bits per heavy atom. The molecule has 0 spiro atoms. The van der Waals surface area contributed by atoms with Gasteiger partial charge in [-0.15, -0.1) is 21.5 Å². The number of carbonyl (C=O) groups is 1. The fourth-order valence-electron chi connectivity index (χ4n) is 2.80. The van der Waals surface area contributed by atoms with Crippen molar-refractivity contribution < 1.29 is 18.0 Å². The molecule has 4 rings (SSSR count). The lowest BCUT2D eigenvalue weighted by Gasteiger charge is -2.06. The number of alkyl halides is 3. The molecule has 1 N–H and O–H groups in total. The fraction of sp³-hybridized carbons (Fsp3) is 0.143. The Kier molecular flexibility index (Phi) is 6.02. The highest BCUT2D eigenvalue weighted by atomic mass is 32.2. The van der Waals surface area contributed by atoms with Crippen molar-refractivity contribution in [3.05, 3.63) is 71.0 Å². The van der Waals surface area contributed by atoms with Gasteiger partial charge in [0.1, 0.15) is 16.2 Å². The largest absolute Gasteiger partial charge is 0.416 e. The highest BCUT2D eigenvalue weighted by Gasteiger charge is 2.30. The number of aryl methyl sites for hydroxylation is 2. The van der Waals surface area contributed by atoms with E-state index < -0.39 is 11.7 Å². The highest BCUT2D eigenvalue weighted by molar-refractivity contribution is 7.99. The lowest BCUT2D eigenvalue weighted by molar-refractivity contribution is -0.137. The van der Waals surface area contributed by atoms with Crippen molar-refractivity contribution in [1.82, 2.24) is 19.7 Å². The summed E-state index contributed by atoms with van der Waals surface area (Å²) < 4.78 is 40.1. The molecule has 0 bridgehead atoms. The van der Waals surface area contributed by atoms with Crippen LogP contribution in [0.1, 0.15) is 20.9 Å². The Hall–Kier alpha value is -3.18. The van der Waals surface area contributed by atoms with Crippen molar-refractivity contribution in [2.24, 2.45) is 7.05 Å². The quantitative estimate of drug-likeness (QED) is 0.403. The number of rotatable bonds is 5. The highest BCUT2D eigenvalue weighted by Crippen LogP contribution is 2.33. The summed E-state index contributed by atoms with van der Waals surface area (Å²) in [5.74, 6) is -0.327. The molecule has 11 heteroatoms. The molecule has 0 saturated carbocycles. The maximum atomic E-state index is 12.8. The maximum absolute atomic E-state index is 12.8. The minimum atomic E-state index is -4.40. The van der Waals surface area contributed by atoms with Crippen molar-refractivity contribution in [2.45, 2.75) is 23.2 Å². The van der Waals surface area contributed by atoms with Gasteiger partial charge in [-0.3, -0.25) is 4.79 Å². The Morgan fingerprint density at radius 3 is 2.38 bits per heavy atom. The van der Waals surface area contributed by atoms with E-state index in [9.17, 15) is 18.0 Å². The maximum Gasteiger partial charge on any atom is 0.416 e. The van der Waals surface area contributed by atoms with Crippen LogP contribution < -0.4 is 5.32 Å². The topological polar surface area (TPSA) is 72.7 Å². The number of hydrogen-bond donors (Lipinski definition) is 1. The third-order valence-electron chi connectivity index (χ3n) is 4.45. The molecule has 164 valence electrons. The van der Waals surface area contributed by atoms with E-state index in [4.69, 9.17) is 0 Å². The standard InChI is InChI=1S/C21H16F3N5OS2/c1-12-17(32-19(26-12)13-3-5-14(6-4-13)21(22,23)24)18(30)27-15-7-9-16(10-8-15)31-20-28-25-11-29(20)2/h3-11H,1-2H3,(H,27,30). The second-order valence-electron chi connectivity index (χ2n) is 6.81. The first-order chi connectivity index (χ1) is 15.2. The van der Waals surface area contributed by atoms with Crippen LogP contribution in [0.5, 0.6) is 0 Å². The van der Waals surface area contributed by atoms with Gasteiger partial charge < -0.3 is 9.88 Å². The summed E-state index contributed by atoms with van der Waals surface area (Å²) in [6.45, 7) is 1.69. The zero-order valence-electron chi connectivity index (χ0n) is 16.8. The second-order valence-corrected chi connectivity index (χ2v) is 8.85. The van der Waals surface area contributed by atoms with E-state index in [2.05, 4.69) is 20.5 Å². The molecule has 0 saturated heterocycles. The van der Waals surface area contributed by atoms with Crippen LogP contribution in [0.3, 0.4) is 0 Å². The summed E-state index contributed by atoms with van der Waals surface area (Å²) >= 11 is 2.58. The van der Waals surface area contributed by atoms with Crippen LogP contribution in [0.15, 0.2) is 64.9 Å². The molecule has 32 heavy (non-hydrogen) atoms. The molecule has 1 amide bonds. The molecule has 0 aliphatic carbocycles. The van der Waals surface area contributed by atoms with Gasteiger partial charge in [-0.2, -0.15) is 13.2 Å². The molecule has 0 radical (unpaired) electrons. The number of amides is 1. The third-order valence-corrected chi connectivity index (χ3v) is 6.72. The monoisotopic (exact) mass is 475 g/mol. The number of nitrogens with zero attached hydrogens (tertiary/aromatic N) is 4. The SMILES string of the molecule is Cc1nc(-c2ccc(C(F)(F)F)cc2)sc1C(=O)Nc1ccc(Sc2nncn2C)cc1. The summed E-state index contributed by atoms with van der Waals surface area (Å²) in [5, 5.41) is 11.9. The van der Waals surface area contributed by atoms with Gasteiger partial charge in [-0.25, -0.2) is 4.98 Å². The van der Waals surface area contributed by atoms with Gasteiger partial charge >= 0.3 is 6.18 Å². The predicted octanol–water partition coefficient (Wildman–Crippen LogP) is 5.67. The molecule has 2 heterocycles. The number of benzene rings is 2. The number of halogens is 3. The lowest BCUT2D eigenvalue weighted by Crippen LogP contribution is -2.11. The van der Waals surface area contributed by atoms with Crippen LogP contribution in [-0.2, 0) is 13.2 Å². The summed E-state index contributed by atoms with van der Waals surface area (Å²) in [6, 6.07) is 12.0. The van der Waals surface area contributed by atoms with Crippen LogP contribution in [0.2, 0.25) is 0 Å². The van der Waals surface area contributed by atoms with Crippen molar-refractivity contribution in [2.75, 3.05) is 5.32 Å². The molecule has 0 aliphatic rings. The molecular weight excluding hydrogens is 459 g/mol. The number of aromatic nitrogens is 4. The predicted molar refractivity (Wildman–Crippen MR) is 117 cm³/mol. The molecular formula is C21H16F3N5OS2. The second kappa shape index (κ2) is 8.75. The van der Waals surface area contributed by atoms with Gasteiger partial charge in [0.15, 0.2) is 5.16 Å².